The van der Waals surface area contributed by atoms with E-state index in [0.717, 1.165) is 39.8 Å². The standard InChI is InChI=1S/C40H52ClN7O5S2/c1-29(2)39-45-33(27-54-39)25-46(3)37(49)23-43-36(14-15-47-17-19-52-20-18-47)38(50)44-32(21-30-9-5-4-6-10-30)13-16-48(24-31-11-7-8-12-35(31)41)40(51)53-26-34-22-42-28-55-34/h4-12,22,27-29,32,36,43H,13-21,23-26H2,1-3H3,(H,44,50). The summed E-state index contributed by atoms with van der Waals surface area (Å²) < 4.78 is 11.2. The van der Waals surface area contributed by atoms with Crippen LogP contribution in [0.25, 0.3) is 0 Å². The Labute approximate surface area is 337 Å². The molecular formula is C40H52ClN7O5S2. The normalized spacial score (nSPS) is 14.3. The first-order chi connectivity index (χ1) is 26.6. The highest BCUT2D eigenvalue weighted by molar-refractivity contribution is 7.09. The molecule has 12 nitrogen and oxygen atoms in total. The van der Waals surface area contributed by atoms with E-state index in [0.29, 0.717) is 63.1 Å². The third kappa shape index (κ3) is 14.0. The van der Waals surface area contributed by atoms with Crippen molar-refractivity contribution in [1.29, 1.82) is 0 Å². The first kappa shape index (κ1) is 42.2. The maximum atomic E-state index is 14.2. The Morgan fingerprint density at radius 2 is 1.78 bits per heavy atom. The van der Waals surface area contributed by atoms with Crippen molar-refractivity contribution in [2.45, 2.75) is 70.8 Å². The van der Waals surface area contributed by atoms with Crippen molar-refractivity contribution in [3.63, 3.8) is 0 Å². The molecule has 1 aliphatic heterocycles. The van der Waals surface area contributed by atoms with Gasteiger partial charge in [0.25, 0.3) is 0 Å². The number of aromatic nitrogens is 2. The molecule has 0 radical (unpaired) electrons. The van der Waals surface area contributed by atoms with Crippen molar-refractivity contribution in [3.05, 3.63) is 103 Å². The SMILES string of the molecule is CC(C)c1nc(CN(C)C(=O)CNC(CCN2CCOCC2)C(=O)NC(CCN(Cc2ccccc2Cl)C(=O)OCc2cncs2)Cc2ccccc2)cs1. The number of halogens is 1. The zero-order valence-corrected chi connectivity index (χ0v) is 34.2. The van der Waals surface area contributed by atoms with E-state index in [1.807, 2.05) is 53.9 Å². The number of hydrogen-bond acceptors (Lipinski definition) is 11. The molecule has 55 heavy (non-hydrogen) atoms. The lowest BCUT2D eigenvalue weighted by Gasteiger charge is -2.30. The maximum absolute atomic E-state index is 14.2. The summed E-state index contributed by atoms with van der Waals surface area (Å²) in [6, 6.07) is 16.4. The van der Waals surface area contributed by atoms with Crippen LogP contribution in [0, 0.1) is 0 Å². The molecule has 1 fully saturated rings. The van der Waals surface area contributed by atoms with Gasteiger partial charge in [0, 0.05) is 61.8 Å². The molecule has 5 rings (SSSR count). The molecule has 0 aliphatic carbocycles. The van der Waals surface area contributed by atoms with E-state index >= 15 is 0 Å². The minimum atomic E-state index is -0.631. The first-order valence-corrected chi connectivity index (χ1v) is 20.9. The van der Waals surface area contributed by atoms with E-state index in [4.69, 9.17) is 21.1 Å². The van der Waals surface area contributed by atoms with Crippen molar-refractivity contribution in [2.75, 3.05) is 53.0 Å². The van der Waals surface area contributed by atoms with E-state index in [1.54, 1.807) is 46.0 Å². The second kappa shape index (κ2) is 22.0. The molecule has 2 aromatic heterocycles. The zero-order chi connectivity index (χ0) is 39.0. The van der Waals surface area contributed by atoms with Gasteiger partial charge in [0.15, 0.2) is 0 Å². The number of nitrogens with zero attached hydrogens (tertiary/aromatic N) is 5. The number of amides is 3. The van der Waals surface area contributed by atoms with Crippen LogP contribution in [0.2, 0.25) is 5.02 Å². The Morgan fingerprint density at radius 1 is 1.02 bits per heavy atom. The maximum Gasteiger partial charge on any atom is 0.410 e. The molecule has 0 saturated carbocycles. The van der Waals surface area contributed by atoms with Gasteiger partial charge in [0.2, 0.25) is 11.8 Å². The highest BCUT2D eigenvalue weighted by Crippen LogP contribution is 2.21. The zero-order valence-electron chi connectivity index (χ0n) is 31.8. The number of hydrogen-bond donors (Lipinski definition) is 2. The number of thiazole rings is 2. The van der Waals surface area contributed by atoms with Crippen LogP contribution in [0.15, 0.2) is 71.7 Å². The van der Waals surface area contributed by atoms with Gasteiger partial charge < -0.3 is 24.6 Å². The number of morpholine rings is 1. The Bertz CT molecular complexity index is 1770. The van der Waals surface area contributed by atoms with Gasteiger partial charge in [-0.15, -0.1) is 22.7 Å². The molecule has 2 unspecified atom stereocenters. The fraction of sp³-hybridized carbons (Fsp3) is 0.475. The smallest absolute Gasteiger partial charge is 0.410 e. The molecule has 1 aliphatic rings. The molecule has 0 spiro atoms. The number of carbonyl (C=O) groups excluding carboxylic acids is 3. The summed E-state index contributed by atoms with van der Waals surface area (Å²) in [7, 11) is 1.76. The quantitative estimate of drug-likeness (QED) is 0.111. The van der Waals surface area contributed by atoms with E-state index in [9.17, 15) is 14.4 Å². The summed E-state index contributed by atoms with van der Waals surface area (Å²) in [5.41, 5.74) is 4.39. The van der Waals surface area contributed by atoms with Gasteiger partial charge in [-0.3, -0.25) is 24.8 Å². The molecule has 1 saturated heterocycles. The van der Waals surface area contributed by atoms with Crippen LogP contribution in [0.4, 0.5) is 4.79 Å². The van der Waals surface area contributed by atoms with Crippen molar-refractivity contribution >= 4 is 52.2 Å². The van der Waals surface area contributed by atoms with Gasteiger partial charge in [-0.25, -0.2) is 9.78 Å². The van der Waals surface area contributed by atoms with Crippen LogP contribution < -0.4 is 10.6 Å². The minimum absolute atomic E-state index is 0.000557. The number of nitrogens with one attached hydrogen (secondary N) is 2. The third-order valence-corrected chi connectivity index (χ3v) is 11.7. The second-order valence-corrected chi connectivity index (χ2v) is 16.2. The third-order valence-electron chi connectivity index (χ3n) is 9.36. The van der Waals surface area contributed by atoms with Crippen LogP contribution in [0.1, 0.15) is 59.3 Å². The van der Waals surface area contributed by atoms with E-state index < -0.39 is 12.1 Å². The molecule has 2 N–H and O–H groups in total. The van der Waals surface area contributed by atoms with Gasteiger partial charge in [-0.1, -0.05) is 74.0 Å². The van der Waals surface area contributed by atoms with Crippen LogP contribution in [-0.2, 0) is 45.2 Å². The predicted octanol–water partition coefficient (Wildman–Crippen LogP) is 5.97. The van der Waals surface area contributed by atoms with Crippen molar-refractivity contribution in [1.82, 2.24) is 35.3 Å². The van der Waals surface area contributed by atoms with Crippen LogP contribution in [0.5, 0.6) is 0 Å². The lowest BCUT2D eigenvalue weighted by Crippen LogP contribution is -2.52. The number of rotatable bonds is 20. The summed E-state index contributed by atoms with van der Waals surface area (Å²) in [6.45, 7) is 8.81. The Hall–Kier alpha value is -3.92. The number of carbonyl (C=O) groups is 3. The second-order valence-electron chi connectivity index (χ2n) is 14.0. The van der Waals surface area contributed by atoms with Gasteiger partial charge in [0.1, 0.15) is 6.61 Å². The van der Waals surface area contributed by atoms with Crippen LogP contribution in [-0.4, -0.2) is 108 Å². The average Bonchev–Trinajstić information content (AvgIpc) is 3.90. The van der Waals surface area contributed by atoms with Gasteiger partial charge in [0.05, 0.1) is 60.0 Å². The van der Waals surface area contributed by atoms with Crippen LogP contribution in [0.3, 0.4) is 0 Å². The topological polar surface area (TPSA) is 129 Å². The van der Waals surface area contributed by atoms with Crippen molar-refractivity contribution in [3.8, 4) is 0 Å². The molecule has 3 heterocycles. The molecule has 2 aromatic carbocycles. The van der Waals surface area contributed by atoms with Crippen molar-refractivity contribution in [2.24, 2.45) is 0 Å². The summed E-state index contributed by atoms with van der Waals surface area (Å²) in [5, 5.41) is 10.2. The molecule has 4 aromatic rings. The van der Waals surface area contributed by atoms with E-state index in [1.165, 1.54) is 11.3 Å². The first-order valence-electron chi connectivity index (χ1n) is 18.7. The largest absolute Gasteiger partial charge is 0.444 e. The van der Waals surface area contributed by atoms with Gasteiger partial charge in [-0.05, 0) is 36.5 Å². The van der Waals surface area contributed by atoms with Gasteiger partial charge >= 0.3 is 6.09 Å². The molecule has 296 valence electrons. The predicted molar refractivity (Wildman–Crippen MR) is 217 cm³/mol. The van der Waals surface area contributed by atoms with Crippen LogP contribution >= 0.6 is 34.3 Å². The molecule has 3 amide bonds. The fourth-order valence-electron chi connectivity index (χ4n) is 6.14. The Kier molecular flexibility index (Phi) is 16.9. The molecule has 2 atom stereocenters. The fourth-order valence-corrected chi connectivity index (χ4v) is 7.67. The van der Waals surface area contributed by atoms with Gasteiger partial charge in [-0.2, -0.15) is 0 Å². The lowest BCUT2D eigenvalue weighted by atomic mass is 10.0. The number of likely N-dealkylation sites (N-methyl/N-ethyl adjacent to an activating group) is 1. The Morgan fingerprint density at radius 3 is 2.49 bits per heavy atom. The minimum Gasteiger partial charge on any atom is -0.444 e. The molecule has 15 heteroatoms. The highest BCUT2D eigenvalue weighted by atomic mass is 35.5. The Balaban J connectivity index is 1.28. The highest BCUT2D eigenvalue weighted by Gasteiger charge is 2.26. The van der Waals surface area contributed by atoms with E-state index in [2.05, 4.69) is 39.3 Å². The molecular weight excluding hydrogens is 758 g/mol. The summed E-state index contributed by atoms with van der Waals surface area (Å²) in [5.74, 6) is -0.00128. The summed E-state index contributed by atoms with van der Waals surface area (Å²) >= 11 is 9.54. The number of ether oxygens (including phenoxy) is 2. The summed E-state index contributed by atoms with van der Waals surface area (Å²) in [6.07, 6.45) is 2.70. The van der Waals surface area contributed by atoms with Crippen molar-refractivity contribution < 1.29 is 23.9 Å². The van der Waals surface area contributed by atoms with E-state index in [-0.39, 0.29) is 37.6 Å². The monoisotopic (exact) mass is 809 g/mol. The molecule has 0 bridgehead atoms. The lowest BCUT2D eigenvalue weighted by molar-refractivity contribution is -0.130. The summed E-state index contributed by atoms with van der Waals surface area (Å²) in [4.78, 5) is 56.2. The average molecular weight is 810 g/mol. The number of benzene rings is 2.